The Morgan fingerprint density at radius 3 is 2.37 bits per heavy atom. The Morgan fingerprint density at radius 1 is 1.10 bits per heavy atom. The molecule has 0 saturated carbocycles. The van der Waals surface area contributed by atoms with Crippen molar-refractivity contribution < 1.29 is 22.9 Å². The Labute approximate surface area is 166 Å². The number of alkyl halides is 3. The molecule has 0 spiro atoms. The van der Waals surface area contributed by atoms with Gasteiger partial charge in [-0.05, 0) is 28.1 Å². The number of ketones is 1. The van der Waals surface area contributed by atoms with Gasteiger partial charge in [0.25, 0.3) is 5.69 Å². The molecule has 1 atom stereocenters. The van der Waals surface area contributed by atoms with Crippen LogP contribution in [0.15, 0.2) is 65.9 Å². The van der Waals surface area contributed by atoms with Crippen molar-refractivity contribution in [3.63, 3.8) is 0 Å². The van der Waals surface area contributed by atoms with Gasteiger partial charge in [0.1, 0.15) is 11.7 Å². The fourth-order valence-corrected chi connectivity index (χ4v) is 3.18. The number of hydrogen-bond acceptors (Lipinski definition) is 7. The average Bonchev–Trinajstić information content (AvgIpc) is 3.20. The van der Waals surface area contributed by atoms with Gasteiger partial charge in [-0.1, -0.05) is 35.4 Å². The number of rotatable bonds is 4. The molecule has 0 bridgehead atoms. The summed E-state index contributed by atoms with van der Waals surface area (Å²) in [5.41, 5.74) is -1.94. The van der Waals surface area contributed by atoms with E-state index in [9.17, 15) is 28.1 Å². The number of anilines is 1. The van der Waals surface area contributed by atoms with E-state index in [1.54, 1.807) is 6.07 Å². The van der Waals surface area contributed by atoms with Gasteiger partial charge in [-0.15, -0.1) is 0 Å². The number of nitrogens with zero attached hydrogens (tertiary/aromatic N) is 5. The van der Waals surface area contributed by atoms with E-state index in [-0.39, 0.29) is 22.8 Å². The van der Waals surface area contributed by atoms with E-state index in [0.717, 1.165) is 16.8 Å². The molecule has 0 aliphatic carbocycles. The molecule has 1 aliphatic heterocycles. The van der Waals surface area contributed by atoms with Gasteiger partial charge in [0.15, 0.2) is 5.78 Å². The molecule has 1 aromatic heterocycles. The molecule has 0 saturated heterocycles. The number of tetrazole rings is 1. The first-order valence-corrected chi connectivity index (χ1v) is 8.47. The number of halogens is 3. The maximum atomic E-state index is 13.9. The van der Waals surface area contributed by atoms with Crippen molar-refractivity contribution in [2.45, 2.75) is 12.2 Å². The molecule has 1 unspecified atom stereocenters. The molecule has 2 heterocycles. The predicted molar refractivity (Wildman–Crippen MR) is 96.5 cm³/mol. The molecule has 0 amide bonds. The summed E-state index contributed by atoms with van der Waals surface area (Å²) < 4.78 is 42.7. The molecule has 9 nitrogen and oxygen atoms in total. The molecular formula is C18H11F3N6O3. The number of fused-ring (bicyclic) bond motifs is 1. The summed E-state index contributed by atoms with van der Waals surface area (Å²) in [7, 11) is 0. The Balaban J connectivity index is 1.94. The number of aromatic nitrogens is 4. The van der Waals surface area contributed by atoms with E-state index in [1.807, 2.05) is 0 Å². The third-order valence-electron chi connectivity index (χ3n) is 4.50. The minimum atomic E-state index is -4.91. The first kappa shape index (κ1) is 19.2. The van der Waals surface area contributed by atoms with Crippen molar-refractivity contribution in [1.29, 1.82) is 0 Å². The molecule has 1 N–H and O–H groups in total. The van der Waals surface area contributed by atoms with E-state index in [0.29, 0.717) is 0 Å². The highest BCUT2D eigenvalue weighted by molar-refractivity contribution is 6.10. The van der Waals surface area contributed by atoms with Crippen LogP contribution in [0.25, 0.3) is 0 Å². The summed E-state index contributed by atoms with van der Waals surface area (Å²) in [6.45, 7) is 0. The van der Waals surface area contributed by atoms with Gasteiger partial charge < -0.3 is 5.32 Å². The highest BCUT2D eigenvalue weighted by atomic mass is 19.4. The number of carbonyl (C=O) groups is 1. The molecule has 1 aliphatic rings. The van der Waals surface area contributed by atoms with Crippen LogP contribution in [-0.4, -0.2) is 37.1 Å². The van der Waals surface area contributed by atoms with Crippen LogP contribution in [0.2, 0.25) is 0 Å². The lowest BCUT2D eigenvalue weighted by atomic mass is 9.89. The topological polar surface area (TPSA) is 116 Å². The summed E-state index contributed by atoms with van der Waals surface area (Å²) >= 11 is 0. The van der Waals surface area contributed by atoms with Crippen molar-refractivity contribution >= 4 is 17.4 Å². The molecule has 30 heavy (non-hydrogen) atoms. The second-order valence-corrected chi connectivity index (χ2v) is 6.30. The van der Waals surface area contributed by atoms with Gasteiger partial charge in [-0.3, -0.25) is 14.9 Å². The summed E-state index contributed by atoms with van der Waals surface area (Å²) in [5, 5.41) is 23.7. The SMILES string of the molecule is O=C(C1=C(C(F)(F)F)Nc2nnnn2C1c1ccc([N+](=O)[O-])cc1)c1ccccc1. The lowest BCUT2D eigenvalue weighted by Gasteiger charge is -2.29. The zero-order valence-electron chi connectivity index (χ0n) is 14.9. The quantitative estimate of drug-likeness (QED) is 0.394. The van der Waals surface area contributed by atoms with E-state index in [2.05, 4.69) is 20.8 Å². The lowest BCUT2D eigenvalue weighted by molar-refractivity contribution is -0.384. The molecule has 2 aromatic carbocycles. The first-order valence-electron chi connectivity index (χ1n) is 8.47. The Kier molecular flexibility index (Phi) is 4.53. The monoisotopic (exact) mass is 416 g/mol. The third kappa shape index (κ3) is 3.27. The van der Waals surface area contributed by atoms with Gasteiger partial charge >= 0.3 is 6.18 Å². The van der Waals surface area contributed by atoms with Gasteiger partial charge in [0, 0.05) is 17.7 Å². The van der Waals surface area contributed by atoms with Crippen LogP contribution in [0.3, 0.4) is 0 Å². The van der Waals surface area contributed by atoms with Crippen molar-refractivity contribution in [2.24, 2.45) is 0 Å². The van der Waals surface area contributed by atoms with Crippen molar-refractivity contribution in [2.75, 3.05) is 5.32 Å². The highest BCUT2D eigenvalue weighted by Gasteiger charge is 2.46. The second-order valence-electron chi connectivity index (χ2n) is 6.30. The van der Waals surface area contributed by atoms with E-state index in [4.69, 9.17) is 0 Å². The standard InChI is InChI=1S/C18H11F3N6O3/c19-18(20,21)16-13(15(28)11-4-2-1-3-5-11)14(26-17(22-16)23-24-25-26)10-6-8-12(9-7-10)27(29)30/h1-9,14H,(H,22,23,25). The number of allylic oxidation sites excluding steroid dienone is 2. The summed E-state index contributed by atoms with van der Waals surface area (Å²) in [5.74, 6) is -1.18. The molecule has 152 valence electrons. The second kappa shape index (κ2) is 7.06. The number of non-ortho nitro benzene ring substituents is 1. The van der Waals surface area contributed by atoms with Crippen LogP contribution in [0.4, 0.5) is 24.8 Å². The van der Waals surface area contributed by atoms with Crippen LogP contribution < -0.4 is 5.32 Å². The van der Waals surface area contributed by atoms with Crippen LogP contribution in [0, 0.1) is 10.1 Å². The average molecular weight is 416 g/mol. The van der Waals surface area contributed by atoms with Crippen molar-refractivity contribution in [3.8, 4) is 0 Å². The Bertz CT molecular complexity index is 1160. The van der Waals surface area contributed by atoms with Crippen molar-refractivity contribution in [1.82, 2.24) is 20.2 Å². The van der Waals surface area contributed by atoms with E-state index < -0.39 is 34.2 Å². The normalized spacial score (nSPS) is 16.0. The fourth-order valence-electron chi connectivity index (χ4n) is 3.18. The number of carbonyl (C=O) groups excluding carboxylic acids is 1. The summed E-state index contributed by atoms with van der Waals surface area (Å²) in [4.78, 5) is 23.5. The Hall–Kier alpha value is -4.09. The number of benzene rings is 2. The van der Waals surface area contributed by atoms with Crippen LogP contribution in [-0.2, 0) is 0 Å². The molecule has 3 aromatic rings. The number of nitrogens with one attached hydrogen (secondary N) is 1. The zero-order valence-corrected chi connectivity index (χ0v) is 14.9. The summed E-state index contributed by atoms with van der Waals surface area (Å²) in [6.07, 6.45) is -4.91. The van der Waals surface area contributed by atoms with Gasteiger partial charge in [0.2, 0.25) is 5.95 Å². The molecule has 0 fully saturated rings. The molecular weight excluding hydrogens is 405 g/mol. The number of Topliss-reactive ketones (excluding diaryl/α,β-unsaturated/α-hetero) is 1. The van der Waals surface area contributed by atoms with Crippen LogP contribution >= 0.6 is 0 Å². The predicted octanol–water partition coefficient (Wildman–Crippen LogP) is 3.30. The highest BCUT2D eigenvalue weighted by Crippen LogP contribution is 2.41. The van der Waals surface area contributed by atoms with E-state index in [1.165, 1.54) is 36.4 Å². The summed E-state index contributed by atoms with van der Waals surface area (Å²) in [6, 6.07) is 10.9. The van der Waals surface area contributed by atoms with E-state index >= 15 is 0 Å². The molecule has 4 rings (SSSR count). The minimum absolute atomic E-state index is 0.0412. The first-order chi connectivity index (χ1) is 14.3. The number of nitro groups is 1. The van der Waals surface area contributed by atoms with Crippen molar-refractivity contribution in [3.05, 3.63) is 87.1 Å². The molecule has 0 radical (unpaired) electrons. The number of nitro benzene ring substituents is 1. The maximum absolute atomic E-state index is 13.9. The largest absolute Gasteiger partial charge is 0.431 e. The zero-order chi connectivity index (χ0) is 21.5. The van der Waals surface area contributed by atoms with Crippen LogP contribution in [0.5, 0.6) is 0 Å². The van der Waals surface area contributed by atoms with Gasteiger partial charge in [-0.2, -0.15) is 17.9 Å². The van der Waals surface area contributed by atoms with Gasteiger partial charge in [0.05, 0.1) is 10.5 Å². The fraction of sp³-hybridized carbons (Fsp3) is 0.111. The number of hydrogen-bond donors (Lipinski definition) is 1. The minimum Gasteiger partial charge on any atom is -0.318 e. The third-order valence-corrected chi connectivity index (χ3v) is 4.50. The Morgan fingerprint density at radius 2 is 1.77 bits per heavy atom. The lowest BCUT2D eigenvalue weighted by Crippen LogP contribution is -2.35. The van der Waals surface area contributed by atoms with Gasteiger partial charge in [-0.25, -0.2) is 0 Å². The smallest absolute Gasteiger partial charge is 0.318 e. The maximum Gasteiger partial charge on any atom is 0.431 e. The van der Waals surface area contributed by atoms with Crippen LogP contribution in [0.1, 0.15) is 22.0 Å². The molecule has 12 heteroatoms.